The van der Waals surface area contributed by atoms with E-state index in [-0.39, 0.29) is 4.90 Å². The molecule has 0 aliphatic carbocycles. The second-order valence-electron chi connectivity index (χ2n) is 6.13. The summed E-state index contributed by atoms with van der Waals surface area (Å²) in [5, 5.41) is 3.00. The van der Waals surface area contributed by atoms with Crippen molar-refractivity contribution < 1.29 is 22.3 Å². The summed E-state index contributed by atoms with van der Waals surface area (Å²) in [4.78, 5) is 16.8. The molecule has 28 heavy (non-hydrogen) atoms. The molecule has 0 spiro atoms. The summed E-state index contributed by atoms with van der Waals surface area (Å²) in [6.07, 6.45) is 0. The second kappa shape index (κ2) is 7.55. The molecule has 0 bridgehead atoms. The molecule has 0 saturated carbocycles. The van der Waals surface area contributed by atoms with Gasteiger partial charge in [0.15, 0.2) is 5.13 Å². The van der Waals surface area contributed by atoms with Gasteiger partial charge in [0.1, 0.15) is 5.82 Å². The Hall–Kier alpha value is -2.40. The zero-order valence-electron chi connectivity index (χ0n) is 14.6. The molecular weight excluding hydrogens is 405 g/mol. The molecule has 2 aromatic carbocycles. The Bertz CT molecular complexity index is 1120. The fraction of sp³-hybridized carbons (Fsp3) is 0.222. The van der Waals surface area contributed by atoms with Crippen LogP contribution in [0.5, 0.6) is 0 Å². The third-order valence-corrected chi connectivity index (χ3v) is 7.12. The van der Waals surface area contributed by atoms with E-state index < -0.39 is 21.7 Å². The number of anilines is 1. The Morgan fingerprint density at radius 3 is 2.57 bits per heavy atom. The standard InChI is InChI=1S/C18H16FN3O4S2/c19-13-3-1-12(2-4-13)17(23)21-18-20-15-6-5-14(11-16(15)27-18)28(24,25)22-7-9-26-10-8-22/h1-6,11H,7-10H2,(H,20,21,23). The monoisotopic (exact) mass is 421 g/mol. The molecule has 10 heteroatoms. The molecule has 1 saturated heterocycles. The van der Waals surface area contributed by atoms with Crippen LogP contribution in [0.4, 0.5) is 9.52 Å². The topological polar surface area (TPSA) is 88.6 Å². The van der Waals surface area contributed by atoms with Gasteiger partial charge in [-0.2, -0.15) is 4.31 Å². The van der Waals surface area contributed by atoms with Crippen LogP contribution in [0.15, 0.2) is 47.4 Å². The average Bonchev–Trinajstić information content (AvgIpc) is 3.10. The SMILES string of the molecule is O=C(Nc1nc2ccc(S(=O)(=O)N3CCOCC3)cc2s1)c1ccc(F)cc1. The van der Waals surface area contributed by atoms with Crippen molar-refractivity contribution in [2.45, 2.75) is 4.90 Å². The zero-order valence-corrected chi connectivity index (χ0v) is 16.2. The first-order valence-electron chi connectivity index (χ1n) is 8.49. The average molecular weight is 421 g/mol. The lowest BCUT2D eigenvalue weighted by atomic mass is 10.2. The van der Waals surface area contributed by atoms with E-state index in [9.17, 15) is 17.6 Å². The number of ether oxygens (including phenoxy) is 1. The number of hydrogen-bond acceptors (Lipinski definition) is 6. The van der Waals surface area contributed by atoms with Gasteiger partial charge >= 0.3 is 0 Å². The van der Waals surface area contributed by atoms with Gasteiger partial charge in [0.2, 0.25) is 10.0 Å². The number of rotatable bonds is 4. The number of nitrogens with zero attached hydrogens (tertiary/aromatic N) is 2. The first-order chi connectivity index (χ1) is 13.4. The fourth-order valence-electron chi connectivity index (χ4n) is 2.83. The fourth-order valence-corrected chi connectivity index (χ4v) is 5.23. The van der Waals surface area contributed by atoms with Crippen LogP contribution in [0.1, 0.15) is 10.4 Å². The van der Waals surface area contributed by atoms with E-state index in [1.165, 1.54) is 46.0 Å². The number of benzene rings is 2. The third kappa shape index (κ3) is 3.76. The van der Waals surface area contributed by atoms with Gasteiger partial charge in [-0.25, -0.2) is 17.8 Å². The minimum atomic E-state index is -3.60. The van der Waals surface area contributed by atoms with Gasteiger partial charge in [-0.15, -0.1) is 0 Å². The Balaban J connectivity index is 1.58. The lowest BCUT2D eigenvalue weighted by Crippen LogP contribution is -2.40. The Morgan fingerprint density at radius 2 is 1.86 bits per heavy atom. The molecule has 1 fully saturated rings. The number of sulfonamides is 1. The van der Waals surface area contributed by atoms with Crippen molar-refractivity contribution in [1.82, 2.24) is 9.29 Å². The van der Waals surface area contributed by atoms with Crippen molar-refractivity contribution in [3.63, 3.8) is 0 Å². The highest BCUT2D eigenvalue weighted by Gasteiger charge is 2.26. The lowest BCUT2D eigenvalue weighted by Gasteiger charge is -2.25. The van der Waals surface area contributed by atoms with E-state index in [1.54, 1.807) is 12.1 Å². The summed E-state index contributed by atoms with van der Waals surface area (Å²) in [5.41, 5.74) is 0.886. The molecule has 4 rings (SSSR count). The maximum atomic E-state index is 13.0. The number of amides is 1. The Labute approximate surface area is 164 Å². The van der Waals surface area contributed by atoms with Crippen molar-refractivity contribution in [2.75, 3.05) is 31.6 Å². The molecule has 0 unspecified atom stereocenters. The predicted molar refractivity (Wildman–Crippen MR) is 104 cm³/mol. The van der Waals surface area contributed by atoms with Gasteiger partial charge < -0.3 is 4.74 Å². The second-order valence-corrected chi connectivity index (χ2v) is 9.09. The molecule has 1 aliphatic heterocycles. The van der Waals surface area contributed by atoms with Crippen molar-refractivity contribution in [1.29, 1.82) is 0 Å². The first kappa shape index (κ1) is 18.9. The van der Waals surface area contributed by atoms with Gasteiger partial charge in [0, 0.05) is 18.7 Å². The quantitative estimate of drug-likeness (QED) is 0.700. The summed E-state index contributed by atoms with van der Waals surface area (Å²) in [6, 6.07) is 9.86. The summed E-state index contributed by atoms with van der Waals surface area (Å²) >= 11 is 1.18. The molecule has 7 nitrogen and oxygen atoms in total. The lowest BCUT2D eigenvalue weighted by molar-refractivity contribution is 0.0730. The number of nitrogens with one attached hydrogen (secondary N) is 1. The van der Waals surface area contributed by atoms with Gasteiger partial charge in [0.05, 0.1) is 28.3 Å². The van der Waals surface area contributed by atoms with E-state index in [0.717, 1.165) is 0 Å². The van der Waals surface area contributed by atoms with E-state index in [2.05, 4.69) is 10.3 Å². The van der Waals surface area contributed by atoms with E-state index >= 15 is 0 Å². The van der Waals surface area contributed by atoms with E-state index in [1.807, 2.05) is 0 Å². The maximum Gasteiger partial charge on any atom is 0.257 e. The predicted octanol–water partition coefficient (Wildman–Crippen LogP) is 2.71. The Kier molecular flexibility index (Phi) is 5.11. The molecule has 1 aliphatic rings. The van der Waals surface area contributed by atoms with Gasteiger partial charge in [-0.1, -0.05) is 11.3 Å². The molecule has 2 heterocycles. The van der Waals surface area contributed by atoms with Gasteiger partial charge in [0.25, 0.3) is 5.91 Å². The van der Waals surface area contributed by atoms with Crippen LogP contribution >= 0.6 is 11.3 Å². The van der Waals surface area contributed by atoms with Crippen molar-refractivity contribution in [3.8, 4) is 0 Å². The number of aromatic nitrogens is 1. The first-order valence-corrected chi connectivity index (χ1v) is 10.7. The van der Waals surface area contributed by atoms with Crippen LogP contribution < -0.4 is 5.32 Å². The molecule has 1 N–H and O–H groups in total. The van der Waals surface area contributed by atoms with Gasteiger partial charge in [-0.05, 0) is 42.5 Å². The number of carbonyl (C=O) groups excluding carboxylic acids is 1. The third-order valence-electron chi connectivity index (χ3n) is 4.29. The number of halogens is 1. The van der Waals surface area contributed by atoms with E-state index in [4.69, 9.17) is 4.74 Å². The van der Waals surface area contributed by atoms with Crippen LogP contribution in [-0.2, 0) is 14.8 Å². The molecule has 0 radical (unpaired) electrons. The maximum absolute atomic E-state index is 13.0. The highest BCUT2D eigenvalue weighted by molar-refractivity contribution is 7.89. The normalized spacial score (nSPS) is 15.6. The molecule has 146 valence electrons. The molecule has 0 atom stereocenters. The number of morpholine rings is 1. The number of carbonyl (C=O) groups is 1. The number of thiazole rings is 1. The highest BCUT2D eigenvalue weighted by Crippen LogP contribution is 2.29. The van der Waals surface area contributed by atoms with E-state index in [0.29, 0.717) is 47.2 Å². The summed E-state index contributed by atoms with van der Waals surface area (Å²) in [5.74, 6) is -0.842. The Morgan fingerprint density at radius 1 is 1.14 bits per heavy atom. The van der Waals surface area contributed by atoms with Crippen molar-refractivity contribution in [2.24, 2.45) is 0 Å². The number of fused-ring (bicyclic) bond motifs is 1. The summed E-state index contributed by atoms with van der Waals surface area (Å²) in [6.45, 7) is 1.40. The minimum absolute atomic E-state index is 0.182. The zero-order chi connectivity index (χ0) is 19.7. The molecule has 1 aromatic heterocycles. The molecular formula is C18H16FN3O4S2. The van der Waals surface area contributed by atoms with Crippen LogP contribution in [0.25, 0.3) is 10.2 Å². The van der Waals surface area contributed by atoms with Gasteiger partial charge in [-0.3, -0.25) is 10.1 Å². The largest absolute Gasteiger partial charge is 0.379 e. The molecule has 3 aromatic rings. The highest BCUT2D eigenvalue weighted by atomic mass is 32.2. The van der Waals surface area contributed by atoms with Crippen molar-refractivity contribution >= 4 is 42.6 Å². The van der Waals surface area contributed by atoms with Crippen LogP contribution in [0, 0.1) is 5.82 Å². The molecule has 1 amide bonds. The van der Waals surface area contributed by atoms with Crippen molar-refractivity contribution in [3.05, 3.63) is 53.8 Å². The van der Waals surface area contributed by atoms with Crippen LogP contribution in [0.3, 0.4) is 0 Å². The van der Waals surface area contributed by atoms with Crippen LogP contribution in [-0.4, -0.2) is 49.9 Å². The summed E-state index contributed by atoms with van der Waals surface area (Å²) in [7, 11) is -3.60. The number of hydrogen-bond donors (Lipinski definition) is 1. The van der Waals surface area contributed by atoms with Crippen LogP contribution in [0.2, 0.25) is 0 Å². The smallest absolute Gasteiger partial charge is 0.257 e. The summed E-state index contributed by atoms with van der Waals surface area (Å²) < 4.78 is 45.8. The minimum Gasteiger partial charge on any atom is -0.379 e.